The number of nitrogens with zero attached hydrogens (tertiary/aromatic N) is 1. The van der Waals surface area contributed by atoms with Gasteiger partial charge in [0, 0.05) is 6.61 Å². The molecule has 2 aliphatic rings. The number of ether oxygens (including phenoxy) is 3. The Labute approximate surface area is 177 Å². The third-order valence-corrected chi connectivity index (χ3v) is 5.88. The SMILES string of the molecule is O=C(OCc1ccccc1)N1C2COCC1CC(O)(CCOCc1ccccc1)C2. The lowest BCUT2D eigenvalue weighted by Crippen LogP contribution is -2.63. The lowest BCUT2D eigenvalue weighted by Gasteiger charge is -2.50. The van der Waals surface area contributed by atoms with E-state index >= 15 is 0 Å². The predicted molar refractivity (Wildman–Crippen MR) is 112 cm³/mol. The summed E-state index contributed by atoms with van der Waals surface area (Å²) in [6.45, 7) is 2.09. The molecule has 0 saturated carbocycles. The molecule has 6 nitrogen and oxygen atoms in total. The summed E-state index contributed by atoms with van der Waals surface area (Å²) in [6.07, 6.45) is 1.15. The first-order valence-electron chi connectivity index (χ1n) is 10.5. The summed E-state index contributed by atoms with van der Waals surface area (Å²) in [7, 11) is 0. The van der Waals surface area contributed by atoms with Gasteiger partial charge in [-0.05, 0) is 30.4 Å². The van der Waals surface area contributed by atoms with Gasteiger partial charge >= 0.3 is 6.09 Å². The van der Waals surface area contributed by atoms with Crippen molar-refractivity contribution in [2.24, 2.45) is 0 Å². The first kappa shape index (κ1) is 20.8. The molecular weight excluding hydrogens is 382 g/mol. The molecule has 0 aromatic heterocycles. The molecule has 0 aliphatic carbocycles. The second kappa shape index (κ2) is 9.60. The van der Waals surface area contributed by atoms with Crippen LogP contribution in [-0.4, -0.2) is 53.6 Å². The van der Waals surface area contributed by atoms with Crippen LogP contribution in [0.15, 0.2) is 60.7 Å². The molecule has 2 saturated heterocycles. The summed E-state index contributed by atoms with van der Waals surface area (Å²) in [5.74, 6) is 0. The number of aliphatic hydroxyl groups is 1. The van der Waals surface area contributed by atoms with Gasteiger partial charge in [0.1, 0.15) is 6.61 Å². The third kappa shape index (κ3) is 5.19. The number of benzene rings is 2. The van der Waals surface area contributed by atoms with Crippen LogP contribution in [-0.2, 0) is 27.4 Å². The van der Waals surface area contributed by atoms with Crippen LogP contribution in [0.25, 0.3) is 0 Å². The highest BCUT2D eigenvalue weighted by atomic mass is 16.6. The molecule has 2 aromatic carbocycles. The molecule has 160 valence electrons. The van der Waals surface area contributed by atoms with E-state index in [1.165, 1.54) is 0 Å². The smallest absolute Gasteiger partial charge is 0.410 e. The fourth-order valence-electron chi connectivity index (χ4n) is 4.40. The van der Waals surface area contributed by atoms with Crippen LogP contribution in [0.4, 0.5) is 4.79 Å². The Bertz CT molecular complexity index is 799. The number of hydrogen-bond donors (Lipinski definition) is 1. The minimum atomic E-state index is -0.855. The molecule has 0 radical (unpaired) electrons. The van der Waals surface area contributed by atoms with Crippen LogP contribution in [0.5, 0.6) is 0 Å². The average Bonchev–Trinajstić information content (AvgIpc) is 2.76. The predicted octanol–water partition coefficient (Wildman–Crippen LogP) is 3.52. The van der Waals surface area contributed by atoms with Gasteiger partial charge in [0.25, 0.3) is 0 Å². The van der Waals surface area contributed by atoms with Gasteiger partial charge in [-0.2, -0.15) is 0 Å². The number of amides is 1. The van der Waals surface area contributed by atoms with Gasteiger partial charge in [-0.1, -0.05) is 60.7 Å². The van der Waals surface area contributed by atoms with E-state index in [-0.39, 0.29) is 24.8 Å². The Morgan fingerprint density at radius 1 is 0.967 bits per heavy atom. The summed E-state index contributed by atoms with van der Waals surface area (Å²) in [4.78, 5) is 14.5. The van der Waals surface area contributed by atoms with Crippen LogP contribution in [0.1, 0.15) is 30.4 Å². The zero-order valence-electron chi connectivity index (χ0n) is 17.1. The maximum absolute atomic E-state index is 12.8. The summed E-state index contributed by atoms with van der Waals surface area (Å²) in [6, 6.07) is 19.3. The van der Waals surface area contributed by atoms with Gasteiger partial charge in [0.2, 0.25) is 0 Å². The Balaban J connectivity index is 1.29. The van der Waals surface area contributed by atoms with E-state index in [0.29, 0.717) is 45.7 Å². The van der Waals surface area contributed by atoms with Crippen molar-refractivity contribution < 1.29 is 24.1 Å². The fraction of sp³-hybridized carbons (Fsp3) is 0.458. The van der Waals surface area contributed by atoms with E-state index in [4.69, 9.17) is 14.2 Å². The summed E-state index contributed by atoms with van der Waals surface area (Å²) < 4.78 is 17.0. The van der Waals surface area contributed by atoms with Crippen molar-refractivity contribution in [3.05, 3.63) is 71.8 Å². The number of hydrogen-bond acceptors (Lipinski definition) is 5. The molecule has 2 fully saturated rings. The Hall–Kier alpha value is -2.41. The monoisotopic (exact) mass is 411 g/mol. The first-order valence-corrected chi connectivity index (χ1v) is 10.5. The van der Waals surface area contributed by atoms with Gasteiger partial charge in [0.05, 0.1) is 37.5 Å². The van der Waals surface area contributed by atoms with Crippen molar-refractivity contribution in [3.63, 3.8) is 0 Å². The molecule has 2 heterocycles. The van der Waals surface area contributed by atoms with Crippen molar-refractivity contribution in [2.75, 3.05) is 19.8 Å². The molecule has 30 heavy (non-hydrogen) atoms. The molecule has 1 N–H and O–H groups in total. The lowest BCUT2D eigenvalue weighted by atomic mass is 9.79. The average molecular weight is 411 g/mol. The number of morpholine rings is 1. The van der Waals surface area contributed by atoms with Crippen molar-refractivity contribution in [2.45, 2.75) is 50.2 Å². The zero-order chi connectivity index (χ0) is 20.8. The van der Waals surface area contributed by atoms with E-state index in [9.17, 15) is 9.90 Å². The highest BCUT2D eigenvalue weighted by Gasteiger charge is 2.48. The zero-order valence-corrected chi connectivity index (χ0v) is 17.1. The fourth-order valence-corrected chi connectivity index (χ4v) is 4.40. The van der Waals surface area contributed by atoms with E-state index < -0.39 is 5.60 Å². The summed E-state index contributed by atoms with van der Waals surface area (Å²) >= 11 is 0. The number of rotatable bonds is 7. The Kier molecular flexibility index (Phi) is 6.67. The molecule has 2 bridgehead atoms. The maximum atomic E-state index is 12.8. The van der Waals surface area contributed by atoms with E-state index in [1.807, 2.05) is 60.7 Å². The second-order valence-corrected chi connectivity index (χ2v) is 8.21. The molecule has 0 spiro atoms. The van der Waals surface area contributed by atoms with Crippen LogP contribution in [0, 0.1) is 0 Å². The molecule has 4 rings (SSSR count). The topological polar surface area (TPSA) is 68.2 Å². The molecule has 1 amide bonds. The molecular formula is C24H29NO5. The summed E-state index contributed by atoms with van der Waals surface area (Å²) in [5, 5.41) is 11.2. The molecule has 6 heteroatoms. The van der Waals surface area contributed by atoms with Gasteiger partial charge in [-0.3, -0.25) is 4.90 Å². The van der Waals surface area contributed by atoms with Crippen LogP contribution >= 0.6 is 0 Å². The third-order valence-electron chi connectivity index (χ3n) is 5.88. The van der Waals surface area contributed by atoms with Gasteiger partial charge in [-0.15, -0.1) is 0 Å². The molecule has 2 aliphatic heterocycles. The van der Waals surface area contributed by atoms with Gasteiger partial charge in [-0.25, -0.2) is 4.79 Å². The van der Waals surface area contributed by atoms with E-state index in [1.54, 1.807) is 4.90 Å². The van der Waals surface area contributed by atoms with E-state index in [2.05, 4.69) is 0 Å². The normalized spacial score (nSPS) is 25.7. The molecule has 2 atom stereocenters. The Morgan fingerprint density at radius 2 is 1.53 bits per heavy atom. The molecule has 2 unspecified atom stereocenters. The maximum Gasteiger partial charge on any atom is 0.410 e. The summed E-state index contributed by atoms with van der Waals surface area (Å²) in [5.41, 5.74) is 1.22. The van der Waals surface area contributed by atoms with Crippen molar-refractivity contribution in [3.8, 4) is 0 Å². The van der Waals surface area contributed by atoms with Crippen LogP contribution in [0.3, 0.4) is 0 Å². The standard InChI is InChI=1S/C24H29NO5/c26-23(30-16-20-9-5-2-6-10-20)25-21-13-24(27,14-22(25)18-29-17-21)11-12-28-15-19-7-3-1-4-8-19/h1-10,21-22,27H,11-18H2. The number of carbonyl (C=O) groups excluding carboxylic acids is 1. The first-order chi connectivity index (χ1) is 14.6. The Morgan fingerprint density at radius 3 is 2.13 bits per heavy atom. The number of carbonyl (C=O) groups is 1. The van der Waals surface area contributed by atoms with Gasteiger partial charge in [0.15, 0.2) is 0 Å². The van der Waals surface area contributed by atoms with Crippen molar-refractivity contribution in [1.82, 2.24) is 4.90 Å². The second-order valence-electron chi connectivity index (χ2n) is 8.21. The quantitative estimate of drug-likeness (QED) is 0.706. The van der Waals surface area contributed by atoms with Crippen molar-refractivity contribution in [1.29, 1.82) is 0 Å². The highest BCUT2D eigenvalue weighted by molar-refractivity contribution is 5.69. The highest BCUT2D eigenvalue weighted by Crippen LogP contribution is 2.37. The lowest BCUT2D eigenvalue weighted by molar-refractivity contribution is -0.140. The minimum absolute atomic E-state index is 0.181. The molecule has 2 aromatic rings. The van der Waals surface area contributed by atoms with Crippen LogP contribution < -0.4 is 0 Å². The van der Waals surface area contributed by atoms with Crippen LogP contribution in [0.2, 0.25) is 0 Å². The van der Waals surface area contributed by atoms with Gasteiger partial charge < -0.3 is 19.3 Å². The minimum Gasteiger partial charge on any atom is -0.445 e. The van der Waals surface area contributed by atoms with E-state index in [0.717, 1.165) is 11.1 Å². The number of piperidine rings is 1. The largest absolute Gasteiger partial charge is 0.445 e. The number of fused-ring (bicyclic) bond motifs is 2. The van der Waals surface area contributed by atoms with Crippen molar-refractivity contribution >= 4 is 6.09 Å².